The Morgan fingerprint density at radius 1 is 1.19 bits per heavy atom. The highest BCUT2D eigenvalue weighted by atomic mass is 35.5. The predicted molar refractivity (Wildman–Crippen MR) is 85.2 cm³/mol. The summed E-state index contributed by atoms with van der Waals surface area (Å²) in [6.45, 7) is 0.584. The van der Waals surface area contributed by atoms with Crippen LogP contribution in [0.4, 0.5) is 5.69 Å². The largest absolute Gasteiger partial charge is 0.399 e. The average molecular weight is 301 g/mol. The van der Waals surface area contributed by atoms with Crippen LogP contribution in [0.5, 0.6) is 0 Å². The van der Waals surface area contributed by atoms with E-state index in [4.69, 9.17) is 17.3 Å². The van der Waals surface area contributed by atoms with Gasteiger partial charge in [-0.3, -0.25) is 4.79 Å². The van der Waals surface area contributed by atoms with Crippen molar-refractivity contribution in [3.8, 4) is 0 Å². The van der Waals surface area contributed by atoms with Crippen LogP contribution in [0.25, 0.3) is 0 Å². The van der Waals surface area contributed by atoms with Crippen molar-refractivity contribution in [2.75, 3.05) is 5.73 Å². The number of hydrogen-bond donors (Lipinski definition) is 1. The summed E-state index contributed by atoms with van der Waals surface area (Å²) >= 11 is 5.98. The van der Waals surface area contributed by atoms with Crippen molar-refractivity contribution < 1.29 is 4.79 Å². The van der Waals surface area contributed by atoms with Crippen LogP contribution >= 0.6 is 11.6 Å². The quantitative estimate of drug-likeness (QED) is 0.875. The number of nitrogens with zero attached hydrogens (tertiary/aromatic N) is 1. The Hall–Kier alpha value is -2.00. The third-order valence-electron chi connectivity index (χ3n) is 3.62. The van der Waals surface area contributed by atoms with Crippen LogP contribution in [-0.2, 0) is 6.54 Å². The van der Waals surface area contributed by atoms with E-state index in [1.54, 1.807) is 18.2 Å². The summed E-state index contributed by atoms with van der Waals surface area (Å²) in [5, 5.41) is 0.584. The fraction of sp³-hybridized carbons (Fsp3) is 0.235. The molecule has 1 aliphatic carbocycles. The smallest absolute Gasteiger partial charge is 0.254 e. The molecule has 0 atom stereocenters. The number of benzene rings is 2. The molecule has 0 spiro atoms. The van der Waals surface area contributed by atoms with E-state index in [-0.39, 0.29) is 5.91 Å². The van der Waals surface area contributed by atoms with Gasteiger partial charge in [-0.15, -0.1) is 0 Å². The first-order valence-corrected chi connectivity index (χ1v) is 7.42. The third-order valence-corrected chi connectivity index (χ3v) is 3.86. The maximum absolute atomic E-state index is 12.7. The van der Waals surface area contributed by atoms with E-state index in [2.05, 4.69) is 0 Å². The van der Waals surface area contributed by atoms with Gasteiger partial charge in [-0.25, -0.2) is 0 Å². The van der Waals surface area contributed by atoms with Crippen LogP contribution < -0.4 is 5.73 Å². The van der Waals surface area contributed by atoms with Crippen molar-refractivity contribution in [1.82, 2.24) is 4.90 Å². The van der Waals surface area contributed by atoms with Crippen LogP contribution in [0.2, 0.25) is 5.02 Å². The van der Waals surface area contributed by atoms with Crippen molar-refractivity contribution in [2.45, 2.75) is 25.4 Å². The summed E-state index contributed by atoms with van der Waals surface area (Å²) in [5.41, 5.74) is 8.22. The number of carbonyl (C=O) groups excluding carboxylic acids is 1. The Morgan fingerprint density at radius 2 is 1.95 bits per heavy atom. The zero-order valence-corrected chi connectivity index (χ0v) is 12.4. The van der Waals surface area contributed by atoms with E-state index >= 15 is 0 Å². The molecule has 0 saturated heterocycles. The minimum atomic E-state index is 0.0300. The second-order valence-corrected chi connectivity index (χ2v) is 5.86. The van der Waals surface area contributed by atoms with E-state index in [0.29, 0.717) is 23.2 Å². The number of nitrogens with two attached hydrogens (primary N) is 1. The first-order valence-electron chi connectivity index (χ1n) is 7.04. The molecule has 0 bridgehead atoms. The summed E-state index contributed by atoms with van der Waals surface area (Å²) in [6.07, 6.45) is 2.13. The normalized spacial score (nSPS) is 14.0. The molecular weight excluding hydrogens is 284 g/mol. The molecule has 1 aliphatic rings. The Labute approximate surface area is 129 Å². The van der Waals surface area contributed by atoms with E-state index in [9.17, 15) is 4.79 Å². The van der Waals surface area contributed by atoms with Crippen molar-refractivity contribution in [2.24, 2.45) is 0 Å². The minimum absolute atomic E-state index is 0.0300. The minimum Gasteiger partial charge on any atom is -0.399 e. The number of amides is 1. The highest BCUT2D eigenvalue weighted by molar-refractivity contribution is 6.30. The molecule has 0 radical (unpaired) electrons. The monoisotopic (exact) mass is 300 g/mol. The van der Waals surface area contributed by atoms with E-state index in [0.717, 1.165) is 24.1 Å². The molecule has 1 fully saturated rings. The second-order valence-electron chi connectivity index (χ2n) is 5.42. The Bertz CT molecular complexity index is 667. The summed E-state index contributed by atoms with van der Waals surface area (Å²) in [5.74, 6) is 0.0300. The fourth-order valence-corrected chi connectivity index (χ4v) is 2.62. The topological polar surface area (TPSA) is 46.3 Å². The first-order chi connectivity index (χ1) is 10.1. The number of halogens is 1. The van der Waals surface area contributed by atoms with Gasteiger partial charge in [-0.1, -0.05) is 29.8 Å². The van der Waals surface area contributed by atoms with Gasteiger partial charge in [0.2, 0.25) is 0 Å². The molecule has 0 unspecified atom stereocenters. The first kappa shape index (κ1) is 14.0. The van der Waals surface area contributed by atoms with Crippen LogP contribution in [0, 0.1) is 0 Å². The molecule has 1 amide bonds. The molecule has 3 rings (SSSR count). The number of anilines is 1. The van der Waals surface area contributed by atoms with E-state index < -0.39 is 0 Å². The highest BCUT2D eigenvalue weighted by Gasteiger charge is 2.33. The van der Waals surface area contributed by atoms with Gasteiger partial charge in [0.1, 0.15) is 0 Å². The second kappa shape index (κ2) is 5.78. The molecule has 0 aliphatic heterocycles. The lowest BCUT2D eigenvalue weighted by molar-refractivity contribution is 0.0730. The van der Waals surface area contributed by atoms with Crippen LogP contribution in [0.15, 0.2) is 48.5 Å². The summed E-state index contributed by atoms with van der Waals surface area (Å²) in [4.78, 5) is 14.6. The molecule has 3 nitrogen and oxygen atoms in total. The summed E-state index contributed by atoms with van der Waals surface area (Å²) in [7, 11) is 0. The number of nitrogen functional groups attached to an aromatic ring is 1. The van der Waals surface area contributed by atoms with E-state index in [1.807, 2.05) is 35.2 Å². The SMILES string of the molecule is Nc1cccc(CN(C(=O)c2cccc(Cl)c2)C2CC2)c1. The third kappa shape index (κ3) is 3.37. The number of rotatable bonds is 4. The van der Waals surface area contributed by atoms with Gasteiger partial charge in [-0.05, 0) is 48.7 Å². The maximum atomic E-state index is 12.7. The van der Waals surface area contributed by atoms with Gasteiger partial charge in [0.15, 0.2) is 0 Å². The molecule has 4 heteroatoms. The maximum Gasteiger partial charge on any atom is 0.254 e. The van der Waals surface area contributed by atoms with Gasteiger partial charge < -0.3 is 10.6 Å². The molecule has 2 aromatic rings. The van der Waals surface area contributed by atoms with Gasteiger partial charge >= 0.3 is 0 Å². The zero-order chi connectivity index (χ0) is 14.8. The number of hydrogen-bond acceptors (Lipinski definition) is 2. The summed E-state index contributed by atoms with van der Waals surface area (Å²) < 4.78 is 0. The molecule has 0 aromatic heterocycles. The van der Waals surface area contributed by atoms with Crippen LogP contribution in [-0.4, -0.2) is 16.8 Å². The Balaban J connectivity index is 1.83. The fourth-order valence-electron chi connectivity index (χ4n) is 2.43. The van der Waals surface area contributed by atoms with Gasteiger partial charge in [0.05, 0.1) is 0 Å². The van der Waals surface area contributed by atoms with Gasteiger partial charge in [0.25, 0.3) is 5.91 Å². The van der Waals surface area contributed by atoms with Crippen LogP contribution in [0.1, 0.15) is 28.8 Å². The van der Waals surface area contributed by atoms with Gasteiger partial charge in [0, 0.05) is 28.9 Å². The Kier molecular flexibility index (Phi) is 3.84. The van der Waals surface area contributed by atoms with E-state index in [1.165, 1.54) is 0 Å². The standard InChI is InChI=1S/C17H17ClN2O/c18-14-5-2-4-13(10-14)17(21)20(16-7-8-16)11-12-3-1-6-15(19)9-12/h1-6,9-10,16H,7-8,11,19H2. The molecule has 2 aromatic carbocycles. The molecule has 108 valence electrons. The molecule has 1 saturated carbocycles. The van der Waals surface area contributed by atoms with Crippen molar-refractivity contribution in [1.29, 1.82) is 0 Å². The lowest BCUT2D eigenvalue weighted by Crippen LogP contribution is -2.32. The van der Waals surface area contributed by atoms with Gasteiger partial charge in [-0.2, -0.15) is 0 Å². The average Bonchev–Trinajstić information content (AvgIpc) is 3.29. The predicted octanol–water partition coefficient (Wildman–Crippen LogP) is 3.73. The molecule has 2 N–H and O–H groups in total. The number of carbonyl (C=O) groups is 1. The molecule has 21 heavy (non-hydrogen) atoms. The lowest BCUT2D eigenvalue weighted by atomic mass is 10.1. The Morgan fingerprint density at radius 3 is 2.62 bits per heavy atom. The molecule has 0 heterocycles. The lowest BCUT2D eigenvalue weighted by Gasteiger charge is -2.23. The zero-order valence-electron chi connectivity index (χ0n) is 11.6. The van der Waals surface area contributed by atoms with Crippen molar-refractivity contribution in [3.63, 3.8) is 0 Å². The summed E-state index contributed by atoms with van der Waals surface area (Å²) in [6, 6.07) is 15.1. The van der Waals surface area contributed by atoms with Crippen LogP contribution in [0.3, 0.4) is 0 Å². The molecular formula is C17H17ClN2O. The highest BCUT2D eigenvalue weighted by Crippen LogP contribution is 2.30. The van der Waals surface area contributed by atoms with Crippen molar-refractivity contribution >= 4 is 23.2 Å². The van der Waals surface area contributed by atoms with Crippen molar-refractivity contribution in [3.05, 3.63) is 64.7 Å².